The van der Waals surface area contributed by atoms with Gasteiger partial charge in [0.15, 0.2) is 0 Å². The lowest BCUT2D eigenvalue weighted by atomic mass is 9.71. The molecule has 2 N–H and O–H groups in total. The van der Waals surface area contributed by atoms with Crippen molar-refractivity contribution in [2.24, 2.45) is 23.0 Å². The molecular weight excluding hydrogens is 256 g/mol. The van der Waals surface area contributed by atoms with Crippen LogP contribution in [0.1, 0.15) is 80.1 Å². The van der Waals surface area contributed by atoms with Gasteiger partial charge in [-0.25, -0.2) is 0 Å². The molecule has 1 aliphatic carbocycles. The Bertz CT molecular complexity index is 276. The summed E-state index contributed by atoms with van der Waals surface area (Å²) < 4.78 is 0. The Kier molecular flexibility index (Phi) is 7.70. The number of hydrogen-bond acceptors (Lipinski definition) is 2. The van der Waals surface area contributed by atoms with Crippen LogP contribution < -0.4 is 5.73 Å². The van der Waals surface area contributed by atoms with Gasteiger partial charge in [0.25, 0.3) is 0 Å². The third-order valence-corrected chi connectivity index (χ3v) is 5.77. The van der Waals surface area contributed by atoms with Crippen molar-refractivity contribution in [2.75, 3.05) is 13.1 Å². The van der Waals surface area contributed by atoms with Gasteiger partial charge in [-0.3, -0.25) is 4.90 Å². The summed E-state index contributed by atoms with van der Waals surface area (Å²) in [7, 11) is 0. The first-order valence-electron chi connectivity index (χ1n) is 9.31. The number of nitrogens with two attached hydrogens (primary N) is 1. The molecule has 0 aromatic carbocycles. The monoisotopic (exact) mass is 296 g/mol. The van der Waals surface area contributed by atoms with E-state index < -0.39 is 0 Å². The maximum absolute atomic E-state index is 6.12. The van der Waals surface area contributed by atoms with Crippen LogP contribution in [0.2, 0.25) is 0 Å². The molecule has 0 bridgehead atoms. The summed E-state index contributed by atoms with van der Waals surface area (Å²) in [5, 5.41) is 0. The Morgan fingerprint density at radius 1 is 1.10 bits per heavy atom. The van der Waals surface area contributed by atoms with Crippen molar-refractivity contribution in [2.45, 2.75) is 92.2 Å². The van der Waals surface area contributed by atoms with Crippen molar-refractivity contribution in [3.05, 3.63) is 0 Å². The second kappa shape index (κ2) is 8.53. The first-order chi connectivity index (χ1) is 9.81. The van der Waals surface area contributed by atoms with Crippen molar-refractivity contribution in [3.8, 4) is 0 Å². The minimum atomic E-state index is 0.356. The van der Waals surface area contributed by atoms with Crippen molar-refractivity contribution in [3.63, 3.8) is 0 Å². The second-order valence-corrected chi connectivity index (χ2v) is 8.30. The van der Waals surface area contributed by atoms with Gasteiger partial charge >= 0.3 is 0 Å². The molecule has 0 spiro atoms. The minimum absolute atomic E-state index is 0.356. The third kappa shape index (κ3) is 5.90. The van der Waals surface area contributed by atoms with Crippen molar-refractivity contribution < 1.29 is 0 Å². The fraction of sp³-hybridized carbons (Fsp3) is 1.00. The van der Waals surface area contributed by atoms with E-state index in [-0.39, 0.29) is 0 Å². The maximum atomic E-state index is 6.12. The van der Waals surface area contributed by atoms with Crippen LogP contribution in [0.25, 0.3) is 0 Å². The van der Waals surface area contributed by atoms with Crippen LogP contribution in [0, 0.1) is 17.3 Å². The molecule has 0 heterocycles. The SMILES string of the molecule is CCC(N)CN(CC)C1CC(CCC(CC)C(C)(C)C)C1. The molecular formula is C19H40N2. The molecule has 2 unspecified atom stereocenters. The largest absolute Gasteiger partial charge is 0.327 e. The van der Waals surface area contributed by atoms with Crippen LogP contribution in [0.15, 0.2) is 0 Å². The average Bonchev–Trinajstić information content (AvgIpc) is 2.37. The molecule has 21 heavy (non-hydrogen) atoms. The molecule has 1 rings (SSSR count). The van der Waals surface area contributed by atoms with Gasteiger partial charge in [0.05, 0.1) is 0 Å². The summed E-state index contributed by atoms with van der Waals surface area (Å²) in [5.41, 5.74) is 6.60. The van der Waals surface area contributed by atoms with E-state index >= 15 is 0 Å². The lowest BCUT2D eigenvalue weighted by Gasteiger charge is -2.44. The van der Waals surface area contributed by atoms with Crippen LogP contribution in [0.3, 0.4) is 0 Å². The Morgan fingerprint density at radius 2 is 1.71 bits per heavy atom. The smallest absolute Gasteiger partial charge is 0.0165 e. The zero-order valence-corrected chi connectivity index (χ0v) is 15.5. The van der Waals surface area contributed by atoms with E-state index in [9.17, 15) is 0 Å². The number of nitrogens with zero attached hydrogens (tertiary/aromatic N) is 1. The molecule has 0 saturated heterocycles. The van der Waals surface area contributed by atoms with Gasteiger partial charge in [-0.1, -0.05) is 54.4 Å². The quantitative estimate of drug-likeness (QED) is 0.669. The summed E-state index contributed by atoms with van der Waals surface area (Å²) in [4.78, 5) is 2.62. The summed E-state index contributed by atoms with van der Waals surface area (Å²) >= 11 is 0. The molecule has 0 aromatic rings. The van der Waals surface area contributed by atoms with Crippen molar-refractivity contribution in [1.29, 1.82) is 0 Å². The molecule has 126 valence electrons. The summed E-state index contributed by atoms with van der Waals surface area (Å²) in [6, 6.07) is 1.17. The van der Waals surface area contributed by atoms with E-state index in [4.69, 9.17) is 5.73 Å². The predicted octanol–water partition coefficient (Wildman–Crippen LogP) is 4.68. The summed E-state index contributed by atoms with van der Waals surface area (Å²) in [5.74, 6) is 1.85. The minimum Gasteiger partial charge on any atom is -0.327 e. The molecule has 0 aliphatic heterocycles. The van der Waals surface area contributed by atoms with E-state index in [1.165, 1.54) is 32.1 Å². The van der Waals surface area contributed by atoms with E-state index in [2.05, 4.69) is 46.4 Å². The topological polar surface area (TPSA) is 29.3 Å². The normalized spacial score (nSPS) is 25.7. The molecule has 2 heteroatoms. The summed E-state index contributed by atoms with van der Waals surface area (Å²) in [6.07, 6.45) is 8.08. The highest BCUT2D eigenvalue weighted by atomic mass is 15.2. The van der Waals surface area contributed by atoms with Gasteiger partial charge in [0.2, 0.25) is 0 Å². The van der Waals surface area contributed by atoms with Crippen molar-refractivity contribution >= 4 is 0 Å². The molecule has 0 radical (unpaired) electrons. The lowest BCUT2D eigenvalue weighted by molar-refractivity contribution is 0.0649. The number of rotatable bonds is 9. The molecule has 2 nitrogen and oxygen atoms in total. The molecule has 1 fully saturated rings. The first-order valence-corrected chi connectivity index (χ1v) is 9.31. The van der Waals surface area contributed by atoms with Crippen LogP contribution in [0.5, 0.6) is 0 Å². The highest BCUT2D eigenvalue weighted by Gasteiger charge is 2.34. The van der Waals surface area contributed by atoms with Gasteiger partial charge in [-0.05, 0) is 49.5 Å². The van der Waals surface area contributed by atoms with E-state index in [1.54, 1.807) is 0 Å². The maximum Gasteiger partial charge on any atom is 0.0165 e. The van der Waals surface area contributed by atoms with Crippen molar-refractivity contribution in [1.82, 2.24) is 4.90 Å². The highest BCUT2D eigenvalue weighted by Crippen LogP contribution is 2.39. The fourth-order valence-corrected chi connectivity index (χ4v) is 3.89. The Morgan fingerprint density at radius 3 is 2.14 bits per heavy atom. The number of hydrogen-bond donors (Lipinski definition) is 1. The zero-order chi connectivity index (χ0) is 16.0. The second-order valence-electron chi connectivity index (χ2n) is 8.30. The molecule has 1 saturated carbocycles. The molecule has 1 aliphatic rings. The van der Waals surface area contributed by atoms with Gasteiger partial charge < -0.3 is 5.73 Å². The van der Waals surface area contributed by atoms with Gasteiger partial charge in [0.1, 0.15) is 0 Å². The summed E-state index contributed by atoms with van der Waals surface area (Å²) in [6.45, 7) is 16.3. The van der Waals surface area contributed by atoms with Crippen LogP contribution in [-0.4, -0.2) is 30.1 Å². The van der Waals surface area contributed by atoms with Gasteiger partial charge in [-0.2, -0.15) is 0 Å². The lowest BCUT2D eigenvalue weighted by Crippen LogP contribution is -2.49. The Hall–Kier alpha value is -0.0800. The third-order valence-electron chi connectivity index (χ3n) is 5.77. The van der Waals surface area contributed by atoms with Crippen LogP contribution in [0.4, 0.5) is 0 Å². The Labute approximate surface area is 133 Å². The highest BCUT2D eigenvalue weighted by molar-refractivity contribution is 4.89. The first kappa shape index (κ1) is 19.0. The molecule has 0 aromatic heterocycles. The van der Waals surface area contributed by atoms with Crippen LogP contribution in [-0.2, 0) is 0 Å². The zero-order valence-electron chi connectivity index (χ0n) is 15.5. The van der Waals surface area contributed by atoms with E-state index in [0.29, 0.717) is 11.5 Å². The standard InChI is InChI=1S/C19H40N2/c1-7-16(19(4,5)6)11-10-15-12-18(13-15)21(9-3)14-17(20)8-2/h15-18H,7-14,20H2,1-6H3. The van der Waals surface area contributed by atoms with Crippen LogP contribution >= 0.6 is 0 Å². The fourth-order valence-electron chi connectivity index (χ4n) is 3.89. The predicted molar refractivity (Wildman–Crippen MR) is 94.5 cm³/mol. The molecule has 2 atom stereocenters. The van der Waals surface area contributed by atoms with Gasteiger partial charge in [0, 0.05) is 18.6 Å². The van der Waals surface area contributed by atoms with Gasteiger partial charge in [-0.15, -0.1) is 0 Å². The van der Waals surface area contributed by atoms with E-state index in [1.807, 2.05) is 0 Å². The number of likely N-dealkylation sites (N-methyl/N-ethyl adjacent to an activating group) is 1. The average molecular weight is 297 g/mol. The Balaban J connectivity index is 2.29. The molecule has 0 amide bonds. The van der Waals surface area contributed by atoms with E-state index in [0.717, 1.165) is 37.4 Å².